The van der Waals surface area contributed by atoms with Crippen LogP contribution in [0.3, 0.4) is 0 Å². The molecule has 0 bridgehead atoms. The van der Waals surface area contributed by atoms with Gasteiger partial charge in [-0.2, -0.15) is 0 Å². The topological polar surface area (TPSA) is 15.8 Å². The Kier molecular flexibility index (Phi) is 4.22. The number of rotatable bonds is 3. The van der Waals surface area contributed by atoms with Gasteiger partial charge in [0.25, 0.3) is 0 Å². The fourth-order valence-electron chi connectivity index (χ4n) is 3.49. The normalized spacial score (nSPS) is 11.9. The first-order chi connectivity index (χ1) is 12.6. The van der Waals surface area contributed by atoms with E-state index in [4.69, 9.17) is 0 Å². The number of H-pyrrole nitrogens is 1. The molecule has 4 aromatic rings. The SMILES string of the molecule is Cc1ccc(/C=C(/c2ccc(C)cc2)c2c(C)[nH]c3ccccc23)cc1. The fraction of sp³-hybridized carbons (Fsp3) is 0.120. The quantitative estimate of drug-likeness (QED) is 0.401. The minimum absolute atomic E-state index is 1.18. The van der Waals surface area contributed by atoms with Gasteiger partial charge in [0.05, 0.1) is 0 Å². The average Bonchev–Trinajstić information content (AvgIpc) is 2.98. The Morgan fingerprint density at radius 1 is 0.731 bits per heavy atom. The highest BCUT2D eigenvalue weighted by atomic mass is 14.7. The van der Waals surface area contributed by atoms with Gasteiger partial charge in [-0.05, 0) is 49.6 Å². The van der Waals surface area contributed by atoms with E-state index in [9.17, 15) is 0 Å². The molecule has 0 amide bonds. The van der Waals surface area contributed by atoms with Crippen LogP contribution in [0, 0.1) is 20.8 Å². The van der Waals surface area contributed by atoms with Gasteiger partial charge in [-0.25, -0.2) is 0 Å². The second kappa shape index (κ2) is 6.68. The lowest BCUT2D eigenvalue weighted by Gasteiger charge is -2.11. The fourth-order valence-corrected chi connectivity index (χ4v) is 3.49. The monoisotopic (exact) mass is 337 g/mol. The highest BCUT2D eigenvalue weighted by molar-refractivity contribution is 6.03. The lowest BCUT2D eigenvalue weighted by molar-refractivity contribution is 1.28. The molecule has 0 aliphatic carbocycles. The maximum Gasteiger partial charge on any atom is 0.0462 e. The van der Waals surface area contributed by atoms with E-state index in [1.807, 2.05) is 0 Å². The summed E-state index contributed by atoms with van der Waals surface area (Å²) in [6.07, 6.45) is 2.30. The van der Waals surface area contributed by atoms with Gasteiger partial charge in [-0.15, -0.1) is 0 Å². The summed E-state index contributed by atoms with van der Waals surface area (Å²) in [5.41, 5.74) is 9.93. The van der Waals surface area contributed by atoms with Crippen LogP contribution in [0.1, 0.15) is 33.5 Å². The molecule has 0 saturated heterocycles. The number of aryl methyl sites for hydroxylation is 3. The number of para-hydroxylation sites is 1. The highest BCUT2D eigenvalue weighted by Gasteiger charge is 2.14. The third-order valence-electron chi connectivity index (χ3n) is 4.91. The summed E-state index contributed by atoms with van der Waals surface area (Å²) in [6.45, 7) is 6.41. The molecule has 0 unspecified atom stereocenters. The van der Waals surface area contributed by atoms with Crippen LogP contribution in [0.15, 0.2) is 72.8 Å². The first kappa shape index (κ1) is 16.4. The molecule has 26 heavy (non-hydrogen) atoms. The van der Waals surface area contributed by atoms with Crippen LogP contribution in [0.4, 0.5) is 0 Å². The minimum atomic E-state index is 1.18. The van der Waals surface area contributed by atoms with Crippen molar-refractivity contribution in [2.45, 2.75) is 20.8 Å². The third-order valence-corrected chi connectivity index (χ3v) is 4.91. The number of aromatic nitrogens is 1. The van der Waals surface area contributed by atoms with E-state index in [0.29, 0.717) is 0 Å². The van der Waals surface area contributed by atoms with Crippen molar-refractivity contribution < 1.29 is 0 Å². The van der Waals surface area contributed by atoms with E-state index >= 15 is 0 Å². The largest absolute Gasteiger partial charge is 0.358 e. The van der Waals surface area contributed by atoms with Gasteiger partial charge in [0.15, 0.2) is 0 Å². The minimum Gasteiger partial charge on any atom is -0.358 e. The number of aromatic amines is 1. The van der Waals surface area contributed by atoms with E-state index in [1.165, 1.54) is 50.0 Å². The Bertz CT molecular complexity index is 1080. The first-order valence-electron chi connectivity index (χ1n) is 9.05. The Hall–Kier alpha value is -3.06. The molecule has 1 heteroatoms. The third kappa shape index (κ3) is 3.09. The number of nitrogens with one attached hydrogen (secondary N) is 1. The van der Waals surface area contributed by atoms with Crippen LogP contribution in [0.25, 0.3) is 22.6 Å². The van der Waals surface area contributed by atoms with Crippen LogP contribution < -0.4 is 0 Å². The van der Waals surface area contributed by atoms with Gasteiger partial charge in [-0.3, -0.25) is 0 Å². The molecule has 0 spiro atoms. The Morgan fingerprint density at radius 3 is 2.04 bits per heavy atom. The number of benzene rings is 3. The lowest BCUT2D eigenvalue weighted by atomic mass is 9.93. The molecule has 1 heterocycles. The zero-order valence-electron chi connectivity index (χ0n) is 15.5. The van der Waals surface area contributed by atoms with Crippen molar-refractivity contribution in [3.05, 3.63) is 106 Å². The number of hydrogen-bond acceptors (Lipinski definition) is 0. The Morgan fingerprint density at radius 2 is 1.35 bits per heavy atom. The maximum atomic E-state index is 3.54. The van der Waals surface area contributed by atoms with E-state index in [1.54, 1.807) is 0 Å². The number of fused-ring (bicyclic) bond motifs is 1. The summed E-state index contributed by atoms with van der Waals surface area (Å²) < 4.78 is 0. The highest BCUT2D eigenvalue weighted by Crippen LogP contribution is 2.34. The summed E-state index contributed by atoms with van der Waals surface area (Å²) in [5.74, 6) is 0. The van der Waals surface area contributed by atoms with Crippen LogP contribution in [-0.4, -0.2) is 4.98 Å². The first-order valence-corrected chi connectivity index (χ1v) is 9.05. The second-order valence-corrected chi connectivity index (χ2v) is 7.01. The van der Waals surface area contributed by atoms with Crippen LogP contribution in [0.5, 0.6) is 0 Å². The van der Waals surface area contributed by atoms with Crippen LogP contribution >= 0.6 is 0 Å². The molecule has 0 radical (unpaired) electrons. The van der Waals surface area contributed by atoms with Crippen LogP contribution in [-0.2, 0) is 0 Å². The zero-order valence-corrected chi connectivity index (χ0v) is 15.5. The zero-order chi connectivity index (χ0) is 18.1. The van der Waals surface area contributed by atoms with Crippen molar-refractivity contribution in [3.8, 4) is 0 Å². The van der Waals surface area contributed by atoms with Gasteiger partial charge in [0.1, 0.15) is 0 Å². The maximum absolute atomic E-state index is 3.54. The molecule has 0 aliphatic rings. The van der Waals surface area contributed by atoms with Crippen molar-refractivity contribution in [2.24, 2.45) is 0 Å². The molecule has 0 fully saturated rings. The molecule has 4 rings (SSSR count). The molecule has 0 aliphatic heterocycles. The van der Waals surface area contributed by atoms with E-state index < -0.39 is 0 Å². The lowest BCUT2D eigenvalue weighted by Crippen LogP contribution is -1.91. The Balaban J connectivity index is 1.97. The van der Waals surface area contributed by atoms with E-state index in [2.05, 4.69) is 105 Å². The van der Waals surface area contributed by atoms with Crippen molar-refractivity contribution in [1.82, 2.24) is 4.98 Å². The van der Waals surface area contributed by atoms with Gasteiger partial charge in [-0.1, -0.05) is 77.9 Å². The summed E-state index contributed by atoms with van der Waals surface area (Å²) in [4.78, 5) is 3.54. The summed E-state index contributed by atoms with van der Waals surface area (Å²) in [5, 5.41) is 1.27. The van der Waals surface area contributed by atoms with Gasteiger partial charge >= 0.3 is 0 Å². The van der Waals surface area contributed by atoms with Gasteiger partial charge < -0.3 is 4.98 Å². The standard InChI is InChI=1S/C25H23N/c1-17-8-12-20(13-9-17)16-23(21-14-10-18(2)11-15-21)25-19(3)26-24-7-5-4-6-22(24)25/h4-16,26H,1-3H3/b23-16-. The smallest absolute Gasteiger partial charge is 0.0462 e. The summed E-state index contributed by atoms with van der Waals surface area (Å²) >= 11 is 0. The molecular weight excluding hydrogens is 314 g/mol. The van der Waals surface area contributed by atoms with Crippen LogP contribution in [0.2, 0.25) is 0 Å². The van der Waals surface area contributed by atoms with Gasteiger partial charge in [0, 0.05) is 22.2 Å². The molecular formula is C25H23N. The second-order valence-electron chi connectivity index (χ2n) is 7.01. The average molecular weight is 337 g/mol. The van der Waals surface area contributed by atoms with E-state index in [-0.39, 0.29) is 0 Å². The van der Waals surface area contributed by atoms with E-state index in [0.717, 1.165) is 0 Å². The molecule has 128 valence electrons. The van der Waals surface area contributed by atoms with Crippen molar-refractivity contribution in [1.29, 1.82) is 0 Å². The van der Waals surface area contributed by atoms with Crippen molar-refractivity contribution in [2.75, 3.05) is 0 Å². The number of hydrogen-bond donors (Lipinski definition) is 1. The molecule has 1 aromatic heterocycles. The summed E-state index contributed by atoms with van der Waals surface area (Å²) in [6, 6.07) is 26.0. The molecule has 1 nitrogen and oxygen atoms in total. The van der Waals surface area contributed by atoms with Gasteiger partial charge in [0.2, 0.25) is 0 Å². The predicted molar refractivity (Wildman–Crippen MR) is 112 cm³/mol. The molecule has 0 atom stereocenters. The van der Waals surface area contributed by atoms with Crippen molar-refractivity contribution >= 4 is 22.6 Å². The Labute approximate surface area is 155 Å². The van der Waals surface area contributed by atoms with Crippen molar-refractivity contribution in [3.63, 3.8) is 0 Å². The molecule has 0 saturated carbocycles. The predicted octanol–water partition coefficient (Wildman–Crippen LogP) is 6.68. The summed E-state index contributed by atoms with van der Waals surface area (Å²) in [7, 11) is 0. The molecule has 1 N–H and O–H groups in total. The molecule has 3 aromatic carbocycles.